The van der Waals surface area contributed by atoms with Crippen LogP contribution in [0.3, 0.4) is 0 Å². The van der Waals surface area contributed by atoms with Gasteiger partial charge >= 0.3 is 6.09 Å². The maximum atomic E-state index is 11.8. The molecule has 1 aromatic rings. The van der Waals surface area contributed by atoms with Crippen LogP contribution < -0.4 is 5.32 Å². The van der Waals surface area contributed by atoms with Gasteiger partial charge in [-0.3, -0.25) is 0 Å². The number of allylic oxidation sites excluding steroid dienone is 2. The summed E-state index contributed by atoms with van der Waals surface area (Å²) in [5.41, 5.74) is 0.968. The minimum absolute atomic E-state index is 0.258. The van der Waals surface area contributed by atoms with Crippen molar-refractivity contribution in [3.63, 3.8) is 0 Å². The summed E-state index contributed by atoms with van der Waals surface area (Å²) in [6.45, 7) is 5.68. The summed E-state index contributed by atoms with van der Waals surface area (Å²) in [6, 6.07) is 10.9. The van der Waals surface area contributed by atoms with Crippen LogP contribution in [0.4, 0.5) is 4.79 Å². The van der Waals surface area contributed by atoms with Crippen molar-refractivity contribution in [2.24, 2.45) is 5.92 Å². The lowest BCUT2D eigenvalue weighted by Crippen LogP contribution is -2.40. The van der Waals surface area contributed by atoms with Crippen molar-refractivity contribution >= 4 is 6.09 Å². The molecule has 3 heteroatoms. The fourth-order valence-electron chi connectivity index (χ4n) is 3.11. The van der Waals surface area contributed by atoms with E-state index >= 15 is 0 Å². The van der Waals surface area contributed by atoms with Crippen molar-refractivity contribution in [1.82, 2.24) is 5.32 Å². The van der Waals surface area contributed by atoms with Crippen LogP contribution in [0.25, 0.3) is 0 Å². The summed E-state index contributed by atoms with van der Waals surface area (Å²) in [5.74, 6) is 0.650. The summed E-state index contributed by atoms with van der Waals surface area (Å²) < 4.78 is 5.32. The molecule has 1 amide bonds. The molecule has 0 atom stereocenters. The number of ether oxygens (including phenoxy) is 1. The topological polar surface area (TPSA) is 38.3 Å². The van der Waals surface area contributed by atoms with E-state index in [-0.39, 0.29) is 12.1 Å². The number of hydrogen-bond acceptors (Lipinski definition) is 2. The third-order valence-electron chi connectivity index (χ3n) is 4.34. The van der Waals surface area contributed by atoms with E-state index in [4.69, 9.17) is 4.74 Å². The van der Waals surface area contributed by atoms with Crippen LogP contribution in [0.2, 0.25) is 0 Å². The van der Waals surface area contributed by atoms with Crippen molar-refractivity contribution < 1.29 is 9.53 Å². The van der Waals surface area contributed by atoms with Gasteiger partial charge in [0, 0.05) is 6.04 Å². The molecule has 0 aliphatic heterocycles. The highest BCUT2D eigenvalue weighted by Crippen LogP contribution is 2.25. The second-order valence-corrected chi connectivity index (χ2v) is 7.71. The molecular weight excluding hydrogens is 298 g/mol. The maximum absolute atomic E-state index is 11.8. The van der Waals surface area contributed by atoms with Gasteiger partial charge in [0.25, 0.3) is 0 Å². The Labute approximate surface area is 146 Å². The molecule has 2 rings (SSSR count). The zero-order valence-electron chi connectivity index (χ0n) is 15.3. The van der Waals surface area contributed by atoms with E-state index in [0.29, 0.717) is 5.92 Å². The normalized spacial score (nSPS) is 21.6. The molecule has 1 fully saturated rings. The van der Waals surface area contributed by atoms with E-state index < -0.39 is 5.60 Å². The summed E-state index contributed by atoms with van der Waals surface area (Å²) in [6.07, 6.45) is 11.0. The lowest BCUT2D eigenvalue weighted by molar-refractivity contribution is 0.0490. The molecule has 1 aliphatic rings. The molecule has 24 heavy (non-hydrogen) atoms. The number of carbonyl (C=O) groups excluding carboxylic acids is 1. The van der Waals surface area contributed by atoms with Gasteiger partial charge < -0.3 is 10.1 Å². The van der Waals surface area contributed by atoms with Crippen LogP contribution in [0, 0.1) is 5.92 Å². The van der Waals surface area contributed by atoms with Gasteiger partial charge in [0.15, 0.2) is 0 Å². The van der Waals surface area contributed by atoms with Gasteiger partial charge in [-0.1, -0.05) is 42.5 Å². The molecule has 1 saturated carbocycles. The quantitative estimate of drug-likeness (QED) is 0.748. The van der Waals surface area contributed by atoms with Crippen LogP contribution in [0.15, 0.2) is 42.5 Å². The molecule has 1 aliphatic carbocycles. The van der Waals surface area contributed by atoms with Gasteiger partial charge in [0.05, 0.1) is 0 Å². The highest BCUT2D eigenvalue weighted by Gasteiger charge is 2.23. The van der Waals surface area contributed by atoms with Crippen LogP contribution in [0.1, 0.15) is 58.4 Å². The SMILES string of the molecule is CC(C)(C)OC(=O)N[C@H]1CC[C@H](/C=C/CCc2ccccc2)CC1. The van der Waals surface area contributed by atoms with Crippen molar-refractivity contribution in [3.05, 3.63) is 48.0 Å². The van der Waals surface area contributed by atoms with Crippen LogP contribution >= 0.6 is 0 Å². The second-order valence-electron chi connectivity index (χ2n) is 7.71. The fourth-order valence-corrected chi connectivity index (χ4v) is 3.11. The summed E-state index contributed by atoms with van der Waals surface area (Å²) in [5, 5.41) is 3.00. The van der Waals surface area contributed by atoms with Gasteiger partial charge in [0.1, 0.15) is 5.60 Å². The Bertz CT molecular complexity index is 523. The van der Waals surface area contributed by atoms with Gasteiger partial charge in [-0.25, -0.2) is 4.79 Å². The molecule has 0 aromatic heterocycles. The van der Waals surface area contributed by atoms with Gasteiger partial charge in [-0.05, 0) is 70.8 Å². The Morgan fingerprint density at radius 2 is 1.83 bits per heavy atom. The molecular formula is C21H31NO2. The number of nitrogens with one attached hydrogen (secondary N) is 1. The Hall–Kier alpha value is -1.77. The predicted molar refractivity (Wildman–Crippen MR) is 99.0 cm³/mol. The molecule has 0 unspecified atom stereocenters. The number of amides is 1. The van der Waals surface area contributed by atoms with E-state index in [9.17, 15) is 4.79 Å². The van der Waals surface area contributed by atoms with Crippen molar-refractivity contribution in [2.75, 3.05) is 0 Å². The van der Waals surface area contributed by atoms with E-state index in [2.05, 4.69) is 47.8 Å². The van der Waals surface area contributed by atoms with Crippen molar-refractivity contribution in [1.29, 1.82) is 0 Å². The molecule has 0 heterocycles. The average molecular weight is 329 g/mol. The Morgan fingerprint density at radius 1 is 1.17 bits per heavy atom. The average Bonchev–Trinajstić information content (AvgIpc) is 2.52. The first-order chi connectivity index (χ1) is 11.4. The summed E-state index contributed by atoms with van der Waals surface area (Å²) in [4.78, 5) is 11.8. The second kappa shape index (κ2) is 8.91. The molecule has 1 aromatic carbocycles. The molecule has 1 N–H and O–H groups in total. The smallest absolute Gasteiger partial charge is 0.407 e. The zero-order valence-corrected chi connectivity index (χ0v) is 15.3. The van der Waals surface area contributed by atoms with Crippen LogP contribution in [0.5, 0.6) is 0 Å². The number of carbonyl (C=O) groups is 1. The number of alkyl carbamates (subject to hydrolysis) is 1. The summed E-state index contributed by atoms with van der Waals surface area (Å²) >= 11 is 0. The minimum Gasteiger partial charge on any atom is -0.444 e. The zero-order chi connectivity index (χ0) is 17.4. The largest absolute Gasteiger partial charge is 0.444 e. The fraction of sp³-hybridized carbons (Fsp3) is 0.571. The Balaban J connectivity index is 1.63. The number of rotatable bonds is 5. The maximum Gasteiger partial charge on any atom is 0.407 e. The molecule has 3 nitrogen and oxygen atoms in total. The van der Waals surface area contributed by atoms with E-state index in [1.807, 2.05) is 20.8 Å². The van der Waals surface area contributed by atoms with Crippen LogP contribution in [-0.4, -0.2) is 17.7 Å². The van der Waals surface area contributed by atoms with Crippen LogP contribution in [-0.2, 0) is 11.2 Å². The Morgan fingerprint density at radius 3 is 2.46 bits per heavy atom. The molecule has 0 saturated heterocycles. The first-order valence-corrected chi connectivity index (χ1v) is 9.12. The lowest BCUT2D eigenvalue weighted by Gasteiger charge is -2.28. The first-order valence-electron chi connectivity index (χ1n) is 9.12. The van der Waals surface area contributed by atoms with E-state index in [1.54, 1.807) is 0 Å². The Kier molecular flexibility index (Phi) is 6.89. The molecule has 132 valence electrons. The monoisotopic (exact) mass is 329 g/mol. The van der Waals surface area contributed by atoms with Gasteiger partial charge in [-0.2, -0.15) is 0 Å². The standard InChI is InChI=1S/C21H31NO2/c1-21(2,3)24-20(23)22-19-15-13-18(14-16-19)12-8-7-11-17-9-5-4-6-10-17/h4-6,8-10,12,18-19H,7,11,13-16H2,1-3H3,(H,22,23)/b12-8+/t18-,19-. The third kappa shape index (κ3) is 7.20. The van der Waals surface area contributed by atoms with Gasteiger partial charge in [0.2, 0.25) is 0 Å². The third-order valence-corrected chi connectivity index (χ3v) is 4.34. The predicted octanol–water partition coefficient (Wildman–Crippen LogP) is 5.26. The molecule has 0 spiro atoms. The summed E-state index contributed by atoms with van der Waals surface area (Å²) in [7, 11) is 0. The number of benzene rings is 1. The van der Waals surface area contributed by atoms with Gasteiger partial charge in [-0.15, -0.1) is 0 Å². The highest BCUT2D eigenvalue weighted by molar-refractivity contribution is 5.68. The number of hydrogen-bond donors (Lipinski definition) is 1. The van der Waals surface area contributed by atoms with E-state index in [1.165, 1.54) is 5.56 Å². The van der Waals surface area contributed by atoms with E-state index in [0.717, 1.165) is 38.5 Å². The highest BCUT2D eigenvalue weighted by atomic mass is 16.6. The van der Waals surface area contributed by atoms with Crippen molar-refractivity contribution in [3.8, 4) is 0 Å². The lowest BCUT2D eigenvalue weighted by atomic mass is 9.85. The minimum atomic E-state index is -0.428. The molecule has 0 radical (unpaired) electrons. The molecule has 0 bridgehead atoms. The number of aryl methyl sites for hydroxylation is 1. The van der Waals surface area contributed by atoms with Crippen molar-refractivity contribution in [2.45, 2.75) is 70.9 Å². The first kappa shape index (κ1) is 18.6.